The van der Waals surface area contributed by atoms with Crippen molar-refractivity contribution in [1.82, 2.24) is 0 Å². The second-order valence-electron chi connectivity index (χ2n) is 4.19. The molecule has 0 aliphatic heterocycles. The molecule has 0 spiro atoms. The first-order valence-corrected chi connectivity index (χ1v) is 5.76. The molecule has 0 atom stereocenters. The molecular weight excluding hydrogens is 242 g/mol. The van der Waals surface area contributed by atoms with Gasteiger partial charge in [-0.1, -0.05) is 29.8 Å². The van der Waals surface area contributed by atoms with Crippen molar-refractivity contribution >= 4 is 17.6 Å². The summed E-state index contributed by atoms with van der Waals surface area (Å²) >= 11 is 0. The van der Waals surface area contributed by atoms with Crippen LogP contribution in [0.1, 0.15) is 26.3 Å². The van der Waals surface area contributed by atoms with Crippen LogP contribution in [0.4, 0.5) is 5.69 Å². The molecule has 2 aromatic rings. The van der Waals surface area contributed by atoms with E-state index in [1.807, 2.05) is 13.0 Å². The summed E-state index contributed by atoms with van der Waals surface area (Å²) < 4.78 is 0. The second-order valence-corrected chi connectivity index (χ2v) is 4.19. The number of carbonyl (C=O) groups is 2. The van der Waals surface area contributed by atoms with Gasteiger partial charge in [-0.05, 0) is 36.8 Å². The molecule has 0 radical (unpaired) electrons. The van der Waals surface area contributed by atoms with Gasteiger partial charge in [0.15, 0.2) is 0 Å². The van der Waals surface area contributed by atoms with Crippen molar-refractivity contribution in [1.29, 1.82) is 0 Å². The van der Waals surface area contributed by atoms with Gasteiger partial charge in [0, 0.05) is 11.3 Å². The van der Waals surface area contributed by atoms with Crippen LogP contribution in [0.2, 0.25) is 0 Å². The van der Waals surface area contributed by atoms with Gasteiger partial charge in [0.1, 0.15) is 0 Å². The summed E-state index contributed by atoms with van der Waals surface area (Å²) in [5, 5.41) is 13.4. The van der Waals surface area contributed by atoms with E-state index in [2.05, 4.69) is 5.32 Å². The van der Waals surface area contributed by atoms with Crippen LogP contribution in [0, 0.1) is 6.92 Å². The molecule has 0 unspecified atom stereocenters. The van der Waals surface area contributed by atoms with E-state index >= 15 is 0 Å². The highest BCUT2D eigenvalue weighted by molar-refractivity contribution is 6.04. The molecule has 0 fully saturated rings. The molecule has 96 valence electrons. The fraction of sp³-hybridized carbons (Fsp3) is 0.0667. The predicted octanol–water partition coefficient (Wildman–Crippen LogP) is 1.61. The third-order valence-electron chi connectivity index (χ3n) is 2.64. The van der Waals surface area contributed by atoms with Gasteiger partial charge in [0.2, 0.25) is 0 Å². The van der Waals surface area contributed by atoms with Gasteiger partial charge in [-0.15, -0.1) is 0 Å². The maximum Gasteiger partial charge on any atom is 0.255 e. The number of anilines is 1. The Labute approximate surface area is 110 Å². The molecule has 1 N–H and O–H groups in total. The Balaban J connectivity index is 2.19. The normalized spacial score (nSPS) is 9.95. The highest BCUT2D eigenvalue weighted by atomic mass is 16.4. The van der Waals surface area contributed by atoms with Crippen molar-refractivity contribution in [2.45, 2.75) is 6.92 Å². The van der Waals surface area contributed by atoms with Gasteiger partial charge < -0.3 is 15.2 Å². The Hall–Kier alpha value is -2.62. The molecule has 4 nitrogen and oxygen atoms in total. The van der Waals surface area contributed by atoms with E-state index in [-0.39, 0.29) is 11.5 Å². The first-order chi connectivity index (χ1) is 9.06. The average Bonchev–Trinajstić information content (AvgIpc) is 2.39. The standard InChI is InChI=1S/C15H13NO3/c1-10-4-2-5-11(8-10)14(17)16-13-7-3-6-12(9-13)15(18)19/h2-9H,1H3,(H,16,17)(H,18,19)/p-1. The van der Waals surface area contributed by atoms with Crippen LogP contribution in [0.25, 0.3) is 0 Å². The van der Waals surface area contributed by atoms with Crippen molar-refractivity contribution in [2.75, 3.05) is 5.32 Å². The van der Waals surface area contributed by atoms with Crippen LogP contribution in [0.3, 0.4) is 0 Å². The van der Waals surface area contributed by atoms with E-state index in [9.17, 15) is 14.7 Å². The second kappa shape index (κ2) is 5.35. The molecule has 19 heavy (non-hydrogen) atoms. The van der Waals surface area contributed by atoms with Crippen molar-refractivity contribution in [2.24, 2.45) is 0 Å². The number of aryl methyl sites for hydroxylation is 1. The molecule has 2 rings (SSSR count). The van der Waals surface area contributed by atoms with Crippen LogP contribution < -0.4 is 10.4 Å². The van der Waals surface area contributed by atoms with E-state index in [0.29, 0.717) is 11.3 Å². The molecule has 0 aliphatic carbocycles. The molecule has 2 aromatic carbocycles. The highest BCUT2D eigenvalue weighted by Crippen LogP contribution is 2.12. The van der Waals surface area contributed by atoms with Gasteiger partial charge in [-0.25, -0.2) is 0 Å². The zero-order valence-electron chi connectivity index (χ0n) is 10.3. The molecule has 1 amide bonds. The third kappa shape index (κ3) is 3.19. The number of rotatable bonds is 3. The van der Waals surface area contributed by atoms with Crippen molar-refractivity contribution in [3.63, 3.8) is 0 Å². The number of benzene rings is 2. The van der Waals surface area contributed by atoms with Gasteiger partial charge in [-0.3, -0.25) is 4.79 Å². The number of nitrogens with one attached hydrogen (secondary N) is 1. The number of hydrogen-bond acceptors (Lipinski definition) is 3. The molecular formula is C15H12NO3-. The monoisotopic (exact) mass is 254 g/mol. The maximum absolute atomic E-state index is 12.0. The van der Waals surface area contributed by atoms with Crippen molar-refractivity contribution < 1.29 is 14.7 Å². The van der Waals surface area contributed by atoms with Gasteiger partial charge >= 0.3 is 0 Å². The summed E-state index contributed by atoms with van der Waals surface area (Å²) in [4.78, 5) is 22.7. The number of amides is 1. The highest BCUT2D eigenvalue weighted by Gasteiger charge is 2.06. The lowest BCUT2D eigenvalue weighted by atomic mass is 10.1. The first-order valence-electron chi connectivity index (χ1n) is 5.76. The van der Waals surface area contributed by atoms with Gasteiger partial charge in [0.05, 0.1) is 5.97 Å². The molecule has 0 aliphatic rings. The zero-order chi connectivity index (χ0) is 13.8. The lowest BCUT2D eigenvalue weighted by Gasteiger charge is -2.08. The summed E-state index contributed by atoms with van der Waals surface area (Å²) in [5.41, 5.74) is 1.96. The maximum atomic E-state index is 12.0. The Morgan fingerprint density at radius 3 is 2.37 bits per heavy atom. The fourth-order valence-electron chi connectivity index (χ4n) is 1.71. The molecule has 0 aromatic heterocycles. The van der Waals surface area contributed by atoms with E-state index in [0.717, 1.165) is 5.56 Å². The smallest absolute Gasteiger partial charge is 0.255 e. The molecule has 4 heteroatoms. The topological polar surface area (TPSA) is 69.2 Å². The van der Waals surface area contributed by atoms with Crippen LogP contribution >= 0.6 is 0 Å². The first kappa shape index (κ1) is 12.8. The Morgan fingerprint density at radius 1 is 1.00 bits per heavy atom. The van der Waals surface area contributed by atoms with Crippen molar-refractivity contribution in [3.8, 4) is 0 Å². The minimum atomic E-state index is -1.27. The minimum Gasteiger partial charge on any atom is -0.545 e. The Morgan fingerprint density at radius 2 is 1.68 bits per heavy atom. The summed E-state index contributed by atoms with van der Waals surface area (Å²) in [6.07, 6.45) is 0. The zero-order valence-corrected chi connectivity index (χ0v) is 10.3. The summed E-state index contributed by atoms with van der Waals surface area (Å²) in [6, 6.07) is 13.1. The average molecular weight is 254 g/mol. The molecule has 0 heterocycles. The summed E-state index contributed by atoms with van der Waals surface area (Å²) in [6.45, 7) is 1.90. The van der Waals surface area contributed by atoms with E-state index in [1.165, 1.54) is 12.1 Å². The third-order valence-corrected chi connectivity index (χ3v) is 2.64. The van der Waals surface area contributed by atoms with E-state index in [4.69, 9.17) is 0 Å². The largest absolute Gasteiger partial charge is 0.545 e. The van der Waals surface area contributed by atoms with Gasteiger partial charge in [-0.2, -0.15) is 0 Å². The van der Waals surface area contributed by atoms with Gasteiger partial charge in [0.25, 0.3) is 5.91 Å². The van der Waals surface area contributed by atoms with Crippen LogP contribution in [-0.2, 0) is 0 Å². The fourth-order valence-corrected chi connectivity index (χ4v) is 1.71. The van der Waals surface area contributed by atoms with Crippen LogP contribution in [0.15, 0.2) is 48.5 Å². The summed E-state index contributed by atoms with van der Waals surface area (Å²) in [7, 11) is 0. The lowest BCUT2D eigenvalue weighted by Crippen LogP contribution is -2.22. The summed E-state index contributed by atoms with van der Waals surface area (Å²) in [5.74, 6) is -1.55. The molecule has 0 saturated heterocycles. The lowest BCUT2D eigenvalue weighted by molar-refractivity contribution is -0.255. The Bertz CT molecular complexity index is 635. The Kier molecular flexibility index (Phi) is 3.61. The number of aromatic carboxylic acids is 1. The van der Waals surface area contributed by atoms with E-state index in [1.54, 1.807) is 30.3 Å². The number of carboxylic acids is 1. The number of hydrogen-bond donors (Lipinski definition) is 1. The van der Waals surface area contributed by atoms with Crippen LogP contribution in [0.5, 0.6) is 0 Å². The van der Waals surface area contributed by atoms with Crippen molar-refractivity contribution in [3.05, 3.63) is 65.2 Å². The number of carboxylic acid groups (broad SMARTS) is 1. The van der Waals surface area contributed by atoms with E-state index < -0.39 is 5.97 Å². The van der Waals surface area contributed by atoms with Crippen LogP contribution in [-0.4, -0.2) is 11.9 Å². The SMILES string of the molecule is Cc1cccc(C(=O)Nc2cccc(C(=O)[O-])c2)c1. The quantitative estimate of drug-likeness (QED) is 0.904. The molecule has 0 bridgehead atoms. The predicted molar refractivity (Wildman–Crippen MR) is 69.9 cm³/mol. The number of carbonyl (C=O) groups excluding carboxylic acids is 2. The molecule has 0 saturated carbocycles. The minimum absolute atomic E-state index is 0.0297.